The minimum Gasteiger partial charge on any atom is -0.345 e. The van der Waals surface area contributed by atoms with Crippen LogP contribution in [0.4, 0.5) is 14.5 Å². The van der Waals surface area contributed by atoms with Gasteiger partial charge in [-0.25, -0.2) is 17.8 Å². The highest BCUT2D eigenvalue weighted by molar-refractivity contribution is 7.92. The second-order valence-electron chi connectivity index (χ2n) is 5.12. The first kappa shape index (κ1) is 17.8. The summed E-state index contributed by atoms with van der Waals surface area (Å²) in [5, 5.41) is 2.50. The van der Waals surface area contributed by atoms with Crippen molar-refractivity contribution in [1.29, 1.82) is 0 Å². The van der Waals surface area contributed by atoms with Crippen LogP contribution in [0.5, 0.6) is 0 Å². The van der Waals surface area contributed by atoms with Crippen LogP contribution in [0.1, 0.15) is 28.9 Å². The van der Waals surface area contributed by atoms with Crippen molar-refractivity contribution >= 4 is 21.6 Å². The van der Waals surface area contributed by atoms with Crippen LogP contribution >= 0.6 is 0 Å². The summed E-state index contributed by atoms with van der Waals surface area (Å²) in [6.45, 7) is 1.59. The Kier molecular flexibility index (Phi) is 5.13. The van der Waals surface area contributed by atoms with Gasteiger partial charge in [-0.15, -0.1) is 0 Å². The van der Waals surface area contributed by atoms with Crippen LogP contribution in [-0.2, 0) is 10.0 Å². The van der Waals surface area contributed by atoms with Gasteiger partial charge < -0.3 is 5.32 Å². The zero-order valence-electron chi connectivity index (χ0n) is 12.9. The number of hydrogen-bond acceptors (Lipinski definition) is 4. The Bertz CT molecular complexity index is 872. The van der Waals surface area contributed by atoms with E-state index in [1.807, 2.05) is 0 Å². The molecule has 0 radical (unpaired) electrons. The molecule has 1 unspecified atom stereocenters. The number of para-hydroxylation sites is 1. The number of carbonyl (C=O) groups excluding carboxylic acids is 1. The second kappa shape index (κ2) is 6.91. The summed E-state index contributed by atoms with van der Waals surface area (Å²) in [6.07, 6.45) is 1.99. The molecule has 1 heterocycles. The fourth-order valence-corrected chi connectivity index (χ4v) is 2.70. The van der Waals surface area contributed by atoms with E-state index in [2.05, 4.69) is 15.0 Å². The van der Waals surface area contributed by atoms with Gasteiger partial charge in [0.05, 0.1) is 23.5 Å². The fourth-order valence-electron chi connectivity index (χ4n) is 2.11. The highest BCUT2D eigenvalue weighted by atomic mass is 32.2. The summed E-state index contributed by atoms with van der Waals surface area (Å²) in [7, 11) is -3.51. The van der Waals surface area contributed by atoms with Gasteiger partial charge in [-0.2, -0.15) is 4.39 Å². The Labute approximate surface area is 138 Å². The number of hydrogen-bond donors (Lipinski definition) is 2. The molecule has 0 aliphatic carbocycles. The zero-order valence-corrected chi connectivity index (χ0v) is 13.7. The van der Waals surface area contributed by atoms with Gasteiger partial charge in [0.2, 0.25) is 16.0 Å². The number of halogens is 2. The Hall–Kier alpha value is -2.55. The summed E-state index contributed by atoms with van der Waals surface area (Å²) in [4.78, 5) is 15.2. The van der Waals surface area contributed by atoms with Crippen molar-refractivity contribution in [1.82, 2.24) is 10.3 Å². The summed E-state index contributed by atoms with van der Waals surface area (Å²) in [6, 6.07) is 6.84. The fraction of sp³-hybridized carbons (Fsp3) is 0.200. The Morgan fingerprint density at radius 2 is 1.88 bits per heavy atom. The first-order chi connectivity index (χ1) is 11.2. The van der Waals surface area contributed by atoms with Gasteiger partial charge in [0.15, 0.2) is 5.82 Å². The molecule has 0 aliphatic heterocycles. The number of rotatable bonds is 5. The maximum atomic E-state index is 13.6. The number of benzene rings is 1. The van der Waals surface area contributed by atoms with E-state index in [9.17, 15) is 22.0 Å². The van der Waals surface area contributed by atoms with E-state index in [0.717, 1.165) is 18.5 Å². The van der Waals surface area contributed by atoms with Gasteiger partial charge in [-0.1, -0.05) is 18.2 Å². The van der Waals surface area contributed by atoms with Crippen molar-refractivity contribution in [2.45, 2.75) is 13.0 Å². The Morgan fingerprint density at radius 3 is 2.54 bits per heavy atom. The van der Waals surface area contributed by atoms with E-state index in [4.69, 9.17) is 0 Å². The predicted octanol–water partition coefficient (Wildman–Crippen LogP) is 2.22. The average Bonchev–Trinajstić information content (AvgIpc) is 2.48. The smallest absolute Gasteiger partial charge is 0.254 e. The second-order valence-corrected chi connectivity index (χ2v) is 6.87. The molecule has 9 heteroatoms. The van der Waals surface area contributed by atoms with Gasteiger partial charge in [0.25, 0.3) is 5.91 Å². The molecule has 1 aromatic heterocycles. The molecular formula is C15H15F2N3O3S. The molecule has 6 nitrogen and oxygen atoms in total. The minimum absolute atomic E-state index is 0.286. The van der Waals surface area contributed by atoms with E-state index >= 15 is 0 Å². The lowest BCUT2D eigenvalue weighted by molar-refractivity contribution is 0.0934. The molecule has 0 saturated carbocycles. The van der Waals surface area contributed by atoms with E-state index < -0.39 is 39.3 Å². The number of aromatic nitrogens is 1. The molecule has 0 saturated heterocycles. The molecule has 0 bridgehead atoms. The standard InChI is InChI=1S/C15H15F2N3O3S/c1-9(10-5-3-4-6-12(10)20-24(2,22)23)19-15(21)11-7-8-18-14(17)13(11)16/h3-9,20H,1-2H3,(H,19,21). The molecular weight excluding hydrogens is 340 g/mol. The van der Waals surface area contributed by atoms with E-state index in [1.165, 1.54) is 6.07 Å². The molecule has 2 N–H and O–H groups in total. The normalized spacial score (nSPS) is 12.5. The molecule has 0 fully saturated rings. The maximum Gasteiger partial charge on any atom is 0.254 e. The zero-order chi connectivity index (χ0) is 17.9. The molecule has 1 atom stereocenters. The van der Waals surface area contributed by atoms with Gasteiger partial charge in [-0.05, 0) is 24.6 Å². The van der Waals surface area contributed by atoms with Crippen molar-refractivity contribution in [3.63, 3.8) is 0 Å². The van der Waals surface area contributed by atoms with Crippen LogP contribution in [-0.4, -0.2) is 25.6 Å². The van der Waals surface area contributed by atoms with Crippen molar-refractivity contribution in [2.75, 3.05) is 11.0 Å². The molecule has 2 aromatic rings. The molecule has 1 amide bonds. The van der Waals surface area contributed by atoms with Crippen LogP contribution in [0.2, 0.25) is 0 Å². The number of carbonyl (C=O) groups is 1. The lowest BCUT2D eigenvalue weighted by Crippen LogP contribution is -2.28. The predicted molar refractivity (Wildman–Crippen MR) is 84.9 cm³/mol. The third-order valence-corrected chi connectivity index (χ3v) is 3.75. The SMILES string of the molecule is CC(NC(=O)c1ccnc(F)c1F)c1ccccc1NS(C)(=O)=O. The molecule has 0 spiro atoms. The van der Waals surface area contributed by atoms with Gasteiger partial charge >= 0.3 is 0 Å². The number of sulfonamides is 1. The Morgan fingerprint density at radius 1 is 1.21 bits per heavy atom. The molecule has 24 heavy (non-hydrogen) atoms. The largest absolute Gasteiger partial charge is 0.345 e. The van der Waals surface area contributed by atoms with Crippen LogP contribution in [0.3, 0.4) is 0 Å². The number of amides is 1. The van der Waals surface area contributed by atoms with Crippen LogP contribution in [0, 0.1) is 11.8 Å². The molecule has 128 valence electrons. The number of pyridine rings is 1. The summed E-state index contributed by atoms with van der Waals surface area (Å²) in [5.74, 6) is -3.55. The highest BCUT2D eigenvalue weighted by Gasteiger charge is 2.20. The molecule has 2 rings (SSSR count). The monoisotopic (exact) mass is 355 g/mol. The van der Waals surface area contributed by atoms with Crippen LogP contribution in [0.25, 0.3) is 0 Å². The van der Waals surface area contributed by atoms with Crippen molar-refractivity contribution < 1.29 is 22.0 Å². The van der Waals surface area contributed by atoms with Gasteiger partial charge in [-0.3, -0.25) is 9.52 Å². The lowest BCUT2D eigenvalue weighted by Gasteiger charge is -2.18. The minimum atomic E-state index is -3.51. The van der Waals surface area contributed by atoms with Crippen molar-refractivity contribution in [3.05, 3.63) is 59.4 Å². The third kappa shape index (κ3) is 4.25. The van der Waals surface area contributed by atoms with Crippen LogP contribution < -0.4 is 10.0 Å². The topological polar surface area (TPSA) is 88.2 Å². The van der Waals surface area contributed by atoms with Crippen molar-refractivity contribution in [3.8, 4) is 0 Å². The van der Waals surface area contributed by atoms with E-state index in [0.29, 0.717) is 5.56 Å². The summed E-state index contributed by atoms with van der Waals surface area (Å²) >= 11 is 0. The maximum absolute atomic E-state index is 13.6. The quantitative estimate of drug-likeness (QED) is 0.805. The molecule has 0 aliphatic rings. The van der Waals surface area contributed by atoms with Gasteiger partial charge in [0.1, 0.15) is 0 Å². The summed E-state index contributed by atoms with van der Waals surface area (Å²) < 4.78 is 51.9. The summed E-state index contributed by atoms with van der Waals surface area (Å²) in [5.41, 5.74) is 0.281. The molecule has 1 aromatic carbocycles. The van der Waals surface area contributed by atoms with E-state index in [1.54, 1.807) is 25.1 Å². The first-order valence-electron chi connectivity index (χ1n) is 6.86. The number of nitrogens with zero attached hydrogens (tertiary/aromatic N) is 1. The average molecular weight is 355 g/mol. The lowest BCUT2D eigenvalue weighted by atomic mass is 10.1. The first-order valence-corrected chi connectivity index (χ1v) is 8.76. The number of anilines is 1. The third-order valence-electron chi connectivity index (χ3n) is 3.16. The Balaban J connectivity index is 2.25. The van der Waals surface area contributed by atoms with E-state index in [-0.39, 0.29) is 5.69 Å². The van der Waals surface area contributed by atoms with Gasteiger partial charge in [0, 0.05) is 6.20 Å². The van der Waals surface area contributed by atoms with Crippen molar-refractivity contribution in [2.24, 2.45) is 0 Å². The number of nitrogens with one attached hydrogen (secondary N) is 2. The highest BCUT2D eigenvalue weighted by Crippen LogP contribution is 2.24. The van der Waals surface area contributed by atoms with Crippen LogP contribution in [0.15, 0.2) is 36.5 Å².